The number of rotatable bonds is 6. The lowest BCUT2D eigenvalue weighted by molar-refractivity contribution is 1.17. The summed E-state index contributed by atoms with van der Waals surface area (Å²) in [5.74, 6) is 0. The van der Waals surface area contributed by atoms with Gasteiger partial charge < -0.3 is 9.13 Å². The maximum Gasteiger partial charge on any atom is 0.179 e. The van der Waals surface area contributed by atoms with E-state index in [1.54, 1.807) is 0 Å². The molecule has 0 aliphatic carbocycles. The van der Waals surface area contributed by atoms with Crippen LogP contribution in [0.25, 0.3) is 75.2 Å². The summed E-state index contributed by atoms with van der Waals surface area (Å²) in [5.41, 5.74) is 7.16. The molecule has 0 saturated heterocycles. The summed E-state index contributed by atoms with van der Waals surface area (Å²) >= 11 is 1.88. The Morgan fingerprint density at radius 3 is 1.38 bits per heavy atom. The van der Waals surface area contributed by atoms with Gasteiger partial charge in [0.05, 0.1) is 22.1 Å². The topological polar surface area (TPSA) is 9.86 Å². The van der Waals surface area contributed by atoms with Crippen LogP contribution in [0.2, 0.25) is 0 Å². The highest BCUT2D eigenvalue weighted by molar-refractivity contribution is 7.26. The standard InChI is InChI=1S/C54H36N2SSi/c1-3-17-39(18-4-1)58(40-19-5-2-6-20-40,42-31-33-54-48(36-42)46-25-10-14-29-53(46)57-54)41-21-15-16-37(34-41)55-51-28-13-9-24-45(51)47-35-38(30-32-52(47)55)56-49-26-11-7-22-43(49)44-23-8-12-27-50(44)56/h1-36H. The van der Waals surface area contributed by atoms with E-state index in [-0.39, 0.29) is 0 Å². The Bertz CT molecular complexity index is 3430. The first-order chi connectivity index (χ1) is 28.8. The molecular weight excluding hydrogens is 737 g/mol. The van der Waals surface area contributed by atoms with E-state index in [2.05, 4.69) is 228 Å². The van der Waals surface area contributed by atoms with Gasteiger partial charge in [-0.1, -0.05) is 158 Å². The van der Waals surface area contributed by atoms with Gasteiger partial charge in [-0.2, -0.15) is 0 Å². The summed E-state index contributed by atoms with van der Waals surface area (Å²) in [7, 11) is -2.87. The molecule has 0 bridgehead atoms. The maximum absolute atomic E-state index is 2.87. The molecule has 0 radical (unpaired) electrons. The van der Waals surface area contributed by atoms with E-state index in [9.17, 15) is 0 Å². The lowest BCUT2D eigenvalue weighted by Gasteiger charge is -2.35. The zero-order chi connectivity index (χ0) is 38.2. The molecule has 3 aromatic heterocycles. The van der Waals surface area contributed by atoms with Gasteiger partial charge in [-0.15, -0.1) is 11.3 Å². The van der Waals surface area contributed by atoms with E-state index in [0.717, 1.165) is 5.69 Å². The Balaban J connectivity index is 1.12. The van der Waals surface area contributed by atoms with Crippen LogP contribution in [0.1, 0.15) is 0 Å². The molecule has 4 heteroatoms. The third kappa shape index (κ3) is 4.83. The maximum atomic E-state index is 2.52. The first-order valence-electron chi connectivity index (χ1n) is 19.9. The van der Waals surface area contributed by atoms with Gasteiger partial charge in [-0.05, 0) is 81.4 Å². The number of hydrogen-bond acceptors (Lipinski definition) is 1. The van der Waals surface area contributed by atoms with Crippen molar-refractivity contribution in [2.45, 2.75) is 0 Å². The van der Waals surface area contributed by atoms with Crippen LogP contribution in [-0.4, -0.2) is 17.2 Å². The molecule has 0 saturated carbocycles. The van der Waals surface area contributed by atoms with E-state index in [1.165, 1.54) is 90.2 Å². The normalized spacial score (nSPS) is 12.1. The van der Waals surface area contributed by atoms with Crippen molar-refractivity contribution in [3.63, 3.8) is 0 Å². The largest absolute Gasteiger partial charge is 0.309 e. The van der Waals surface area contributed by atoms with Gasteiger partial charge in [0.2, 0.25) is 0 Å². The van der Waals surface area contributed by atoms with Crippen molar-refractivity contribution in [2.75, 3.05) is 0 Å². The van der Waals surface area contributed by atoms with Crippen LogP contribution < -0.4 is 20.7 Å². The van der Waals surface area contributed by atoms with Gasteiger partial charge >= 0.3 is 0 Å². The minimum Gasteiger partial charge on any atom is -0.309 e. The van der Waals surface area contributed by atoms with Crippen molar-refractivity contribution >= 4 is 104 Å². The fourth-order valence-corrected chi connectivity index (χ4v) is 15.7. The summed E-state index contributed by atoms with van der Waals surface area (Å²) < 4.78 is 7.56. The average molecular weight is 773 g/mol. The smallest absolute Gasteiger partial charge is 0.179 e. The first kappa shape index (κ1) is 33.2. The molecule has 0 N–H and O–H groups in total. The quantitative estimate of drug-likeness (QED) is 0.118. The zero-order valence-corrected chi connectivity index (χ0v) is 33.4. The molecule has 58 heavy (non-hydrogen) atoms. The Hall–Kier alpha value is -6.98. The molecule has 0 unspecified atom stereocenters. The second-order valence-electron chi connectivity index (χ2n) is 15.3. The number of aromatic nitrogens is 2. The predicted octanol–water partition coefficient (Wildman–Crippen LogP) is 11.6. The van der Waals surface area contributed by atoms with E-state index in [1.807, 2.05) is 11.3 Å². The zero-order valence-electron chi connectivity index (χ0n) is 31.6. The Morgan fingerprint density at radius 2 is 0.741 bits per heavy atom. The number of hydrogen-bond donors (Lipinski definition) is 0. The molecule has 0 atom stereocenters. The minimum absolute atomic E-state index is 1.16. The molecule has 9 aromatic carbocycles. The minimum atomic E-state index is -2.87. The van der Waals surface area contributed by atoms with Crippen molar-refractivity contribution in [1.82, 2.24) is 9.13 Å². The highest BCUT2D eigenvalue weighted by atomic mass is 32.1. The van der Waals surface area contributed by atoms with Crippen molar-refractivity contribution in [3.05, 3.63) is 218 Å². The van der Waals surface area contributed by atoms with Gasteiger partial charge in [0.1, 0.15) is 0 Å². The van der Waals surface area contributed by atoms with Crippen LogP contribution >= 0.6 is 11.3 Å². The third-order valence-electron chi connectivity index (χ3n) is 12.3. The number of benzene rings is 9. The van der Waals surface area contributed by atoms with Crippen molar-refractivity contribution in [1.29, 1.82) is 0 Å². The van der Waals surface area contributed by atoms with E-state index in [4.69, 9.17) is 0 Å². The average Bonchev–Trinajstić information content (AvgIpc) is 3.95. The Kier molecular flexibility index (Phi) is 7.46. The predicted molar refractivity (Wildman–Crippen MR) is 252 cm³/mol. The monoisotopic (exact) mass is 772 g/mol. The van der Waals surface area contributed by atoms with Crippen LogP contribution in [0.3, 0.4) is 0 Å². The lowest BCUT2D eigenvalue weighted by atomic mass is 10.1. The first-order valence-corrected chi connectivity index (χ1v) is 22.7. The summed E-state index contributed by atoms with van der Waals surface area (Å²) in [6.07, 6.45) is 0. The van der Waals surface area contributed by atoms with Crippen LogP contribution in [0, 0.1) is 0 Å². The van der Waals surface area contributed by atoms with E-state index < -0.39 is 8.07 Å². The van der Waals surface area contributed by atoms with Crippen LogP contribution in [0.4, 0.5) is 0 Å². The van der Waals surface area contributed by atoms with Gasteiger partial charge in [0, 0.05) is 53.1 Å². The van der Waals surface area contributed by atoms with E-state index in [0.29, 0.717) is 0 Å². The van der Waals surface area contributed by atoms with Gasteiger partial charge in [-0.25, -0.2) is 0 Å². The van der Waals surface area contributed by atoms with E-state index >= 15 is 0 Å². The number of fused-ring (bicyclic) bond motifs is 9. The van der Waals surface area contributed by atoms with Gasteiger partial charge in [-0.3, -0.25) is 0 Å². The molecule has 12 rings (SSSR count). The number of nitrogens with zero attached hydrogens (tertiary/aromatic N) is 2. The molecule has 0 aliphatic heterocycles. The number of thiophene rings is 1. The van der Waals surface area contributed by atoms with Crippen molar-refractivity contribution in [2.24, 2.45) is 0 Å². The fourth-order valence-electron chi connectivity index (χ4n) is 9.79. The summed E-state index contributed by atoms with van der Waals surface area (Å²) in [4.78, 5) is 0. The lowest BCUT2D eigenvalue weighted by Crippen LogP contribution is -2.74. The van der Waals surface area contributed by atoms with Crippen LogP contribution in [0.5, 0.6) is 0 Å². The molecular formula is C54H36N2SSi. The highest BCUT2D eigenvalue weighted by Gasteiger charge is 2.42. The third-order valence-corrected chi connectivity index (χ3v) is 18.2. The molecule has 0 fully saturated rings. The van der Waals surface area contributed by atoms with Crippen molar-refractivity contribution in [3.8, 4) is 11.4 Å². The van der Waals surface area contributed by atoms with Crippen LogP contribution in [0.15, 0.2) is 218 Å². The van der Waals surface area contributed by atoms with Crippen LogP contribution in [-0.2, 0) is 0 Å². The molecule has 272 valence electrons. The Morgan fingerprint density at radius 1 is 0.276 bits per heavy atom. The fraction of sp³-hybridized carbons (Fsp3) is 0. The second-order valence-corrected chi connectivity index (χ2v) is 20.2. The summed E-state index contributed by atoms with van der Waals surface area (Å²) in [6.45, 7) is 0. The highest BCUT2D eigenvalue weighted by Crippen LogP contribution is 2.37. The number of para-hydroxylation sites is 3. The van der Waals surface area contributed by atoms with Gasteiger partial charge in [0.15, 0.2) is 8.07 Å². The molecule has 3 heterocycles. The summed E-state index contributed by atoms with van der Waals surface area (Å²) in [6, 6.07) is 81.6. The molecule has 0 amide bonds. The SMILES string of the molecule is c1ccc([Si](c2ccccc2)(c2cccc(-n3c4ccccc4c4cc(-n5c6ccccc6c6ccccc65)ccc43)c2)c2ccc3sc4ccccc4c3c2)cc1. The van der Waals surface area contributed by atoms with Gasteiger partial charge in [0.25, 0.3) is 0 Å². The second kappa shape index (κ2) is 13.0. The Labute approximate surface area is 341 Å². The molecule has 0 spiro atoms. The van der Waals surface area contributed by atoms with Crippen molar-refractivity contribution < 1.29 is 0 Å². The summed E-state index contributed by atoms with van der Waals surface area (Å²) in [5, 5.41) is 13.2. The molecule has 0 aliphatic rings. The molecule has 2 nitrogen and oxygen atoms in total. The molecule has 12 aromatic rings.